The van der Waals surface area contributed by atoms with Crippen molar-refractivity contribution in [2.24, 2.45) is 5.73 Å². The predicted molar refractivity (Wildman–Crippen MR) is 91.3 cm³/mol. The van der Waals surface area contributed by atoms with Crippen molar-refractivity contribution in [1.29, 1.82) is 0 Å². The smallest absolute Gasteiger partial charge is 0.244 e. The molecule has 22 heavy (non-hydrogen) atoms. The Kier molecular flexibility index (Phi) is 3.59. The van der Waals surface area contributed by atoms with Gasteiger partial charge in [-0.2, -0.15) is 0 Å². The molecule has 3 aromatic rings. The van der Waals surface area contributed by atoms with E-state index in [2.05, 4.69) is 45.0 Å². The van der Waals surface area contributed by atoms with Crippen LogP contribution < -0.4 is 5.73 Å². The Balaban J connectivity index is 2.30. The lowest BCUT2D eigenvalue weighted by molar-refractivity contribution is 0.0929. The number of aromatic nitrogens is 1. The third-order valence-corrected chi connectivity index (χ3v) is 4.22. The molecule has 0 radical (unpaired) electrons. The van der Waals surface area contributed by atoms with Crippen LogP contribution in [0.25, 0.3) is 22.0 Å². The molecule has 0 aliphatic carbocycles. The summed E-state index contributed by atoms with van der Waals surface area (Å²) in [5.41, 5.74) is 12.3. The normalized spacial score (nSPS) is 11.1. The van der Waals surface area contributed by atoms with Gasteiger partial charge in [-0.15, -0.1) is 0 Å². The Bertz CT molecular complexity index is 875. The van der Waals surface area contributed by atoms with E-state index in [1.54, 1.807) is 4.57 Å². The van der Waals surface area contributed by atoms with Gasteiger partial charge in [0.1, 0.15) is 0 Å². The van der Waals surface area contributed by atoms with E-state index in [0.29, 0.717) is 0 Å². The van der Waals surface area contributed by atoms with Gasteiger partial charge in [0.2, 0.25) is 5.91 Å². The molecule has 1 heterocycles. The summed E-state index contributed by atoms with van der Waals surface area (Å²) in [6.07, 6.45) is 1.91. The molecule has 0 unspecified atom stereocenters. The third-order valence-electron chi connectivity index (χ3n) is 4.22. The molecule has 112 valence electrons. The number of carbonyl (C=O) groups is 1. The van der Waals surface area contributed by atoms with Gasteiger partial charge in [-0.25, -0.2) is 0 Å². The van der Waals surface area contributed by atoms with E-state index in [1.165, 1.54) is 16.7 Å². The molecule has 2 N–H and O–H groups in total. The molecule has 2 aromatic carbocycles. The van der Waals surface area contributed by atoms with Gasteiger partial charge in [-0.05, 0) is 49.6 Å². The summed E-state index contributed by atoms with van der Waals surface area (Å²) in [7, 11) is 0. The van der Waals surface area contributed by atoms with Crippen molar-refractivity contribution in [3.63, 3.8) is 0 Å². The van der Waals surface area contributed by atoms with E-state index in [0.717, 1.165) is 22.0 Å². The maximum absolute atomic E-state index is 12.1. The quantitative estimate of drug-likeness (QED) is 0.780. The number of hydrogen-bond donors (Lipinski definition) is 1. The highest BCUT2D eigenvalue weighted by Gasteiger charge is 2.14. The van der Waals surface area contributed by atoms with Crippen LogP contribution in [0.1, 0.15) is 21.5 Å². The van der Waals surface area contributed by atoms with Crippen LogP contribution in [0.4, 0.5) is 0 Å². The summed E-state index contributed by atoms with van der Waals surface area (Å²) >= 11 is 0. The number of benzene rings is 2. The number of nitrogens with zero attached hydrogens (tertiary/aromatic N) is 1. The lowest BCUT2D eigenvalue weighted by Gasteiger charge is -2.04. The van der Waals surface area contributed by atoms with Gasteiger partial charge in [0.15, 0.2) is 0 Å². The second-order valence-corrected chi connectivity index (χ2v) is 5.83. The fraction of sp³-hybridized carbons (Fsp3) is 0.211. The van der Waals surface area contributed by atoms with Crippen molar-refractivity contribution in [2.45, 2.75) is 20.8 Å². The molecule has 0 fully saturated rings. The maximum Gasteiger partial charge on any atom is 0.244 e. The lowest BCUT2D eigenvalue weighted by Crippen LogP contribution is -2.20. The van der Waals surface area contributed by atoms with Crippen molar-refractivity contribution in [3.05, 3.63) is 59.3 Å². The van der Waals surface area contributed by atoms with Crippen LogP contribution >= 0.6 is 0 Å². The Morgan fingerprint density at radius 1 is 1.05 bits per heavy atom. The van der Waals surface area contributed by atoms with Gasteiger partial charge in [0, 0.05) is 17.1 Å². The molecule has 0 saturated heterocycles. The predicted octanol–water partition coefficient (Wildman–Crippen LogP) is 3.83. The molecule has 1 aromatic heterocycles. The van der Waals surface area contributed by atoms with Gasteiger partial charge in [0.05, 0.1) is 12.1 Å². The fourth-order valence-electron chi connectivity index (χ4n) is 2.79. The fourth-order valence-corrected chi connectivity index (χ4v) is 2.79. The summed E-state index contributed by atoms with van der Waals surface area (Å²) in [6, 6.07) is 12.5. The first kappa shape index (κ1) is 14.5. The van der Waals surface area contributed by atoms with Crippen LogP contribution in [-0.4, -0.2) is 17.0 Å². The average Bonchev–Trinajstić information content (AvgIpc) is 2.88. The van der Waals surface area contributed by atoms with E-state index in [-0.39, 0.29) is 12.5 Å². The first-order chi connectivity index (χ1) is 10.5. The Hall–Kier alpha value is -2.39. The minimum Gasteiger partial charge on any atom is -0.322 e. The van der Waals surface area contributed by atoms with Crippen molar-refractivity contribution in [2.75, 3.05) is 6.54 Å². The Morgan fingerprint density at radius 2 is 1.82 bits per heavy atom. The standard InChI is InChI=1S/C19H20N2O/c1-12-4-7-18-16(8-12)17(11-21(18)19(22)10-20)15-6-5-13(2)14(3)9-15/h4-9,11H,10,20H2,1-3H3. The Labute approximate surface area is 130 Å². The zero-order valence-corrected chi connectivity index (χ0v) is 13.2. The minimum absolute atomic E-state index is 0.00399. The monoisotopic (exact) mass is 292 g/mol. The molecule has 0 saturated carbocycles. The zero-order valence-electron chi connectivity index (χ0n) is 13.2. The summed E-state index contributed by atoms with van der Waals surface area (Å²) in [5, 5.41) is 1.09. The molecule has 3 heteroatoms. The van der Waals surface area contributed by atoms with E-state index in [9.17, 15) is 4.79 Å². The molecule has 0 aliphatic rings. The van der Waals surface area contributed by atoms with E-state index < -0.39 is 0 Å². The van der Waals surface area contributed by atoms with Gasteiger partial charge < -0.3 is 5.73 Å². The largest absolute Gasteiger partial charge is 0.322 e. The summed E-state index contributed by atoms with van der Waals surface area (Å²) in [4.78, 5) is 12.1. The molecular formula is C19H20N2O. The van der Waals surface area contributed by atoms with Crippen LogP contribution in [0, 0.1) is 20.8 Å². The van der Waals surface area contributed by atoms with Crippen LogP contribution in [0.15, 0.2) is 42.6 Å². The first-order valence-electron chi connectivity index (χ1n) is 7.44. The molecule has 0 bridgehead atoms. The lowest BCUT2D eigenvalue weighted by atomic mass is 9.99. The van der Waals surface area contributed by atoms with E-state index >= 15 is 0 Å². The van der Waals surface area contributed by atoms with Crippen LogP contribution in [0.3, 0.4) is 0 Å². The van der Waals surface area contributed by atoms with Crippen LogP contribution in [0.5, 0.6) is 0 Å². The zero-order chi connectivity index (χ0) is 15.9. The molecule has 0 spiro atoms. The Morgan fingerprint density at radius 3 is 2.50 bits per heavy atom. The molecule has 3 rings (SSSR count). The van der Waals surface area contributed by atoms with Crippen molar-refractivity contribution >= 4 is 16.8 Å². The number of hydrogen-bond acceptors (Lipinski definition) is 2. The SMILES string of the molecule is Cc1ccc2c(c1)c(-c1ccc(C)c(C)c1)cn2C(=O)CN. The first-order valence-corrected chi connectivity index (χ1v) is 7.44. The topological polar surface area (TPSA) is 48.0 Å². The highest BCUT2D eigenvalue weighted by atomic mass is 16.2. The number of fused-ring (bicyclic) bond motifs is 1. The van der Waals surface area contributed by atoms with Crippen molar-refractivity contribution in [3.8, 4) is 11.1 Å². The van der Waals surface area contributed by atoms with Gasteiger partial charge >= 0.3 is 0 Å². The van der Waals surface area contributed by atoms with E-state index in [1.807, 2.05) is 18.3 Å². The molecule has 0 aliphatic heterocycles. The van der Waals surface area contributed by atoms with Crippen LogP contribution in [0.2, 0.25) is 0 Å². The molecule has 0 amide bonds. The van der Waals surface area contributed by atoms with Gasteiger partial charge in [-0.1, -0.05) is 29.8 Å². The van der Waals surface area contributed by atoms with Gasteiger partial charge in [-0.3, -0.25) is 9.36 Å². The maximum atomic E-state index is 12.1. The molecule has 3 nitrogen and oxygen atoms in total. The summed E-state index contributed by atoms with van der Waals surface area (Å²) < 4.78 is 1.67. The number of carbonyl (C=O) groups excluding carboxylic acids is 1. The second-order valence-electron chi connectivity index (χ2n) is 5.83. The highest BCUT2D eigenvalue weighted by molar-refractivity contribution is 6.02. The summed E-state index contributed by atoms with van der Waals surface area (Å²) in [5.74, 6) is -0.0936. The second kappa shape index (κ2) is 5.43. The number of nitrogens with two attached hydrogens (primary N) is 1. The minimum atomic E-state index is -0.0936. The van der Waals surface area contributed by atoms with Crippen molar-refractivity contribution in [1.82, 2.24) is 4.57 Å². The van der Waals surface area contributed by atoms with E-state index in [4.69, 9.17) is 5.73 Å². The molecule has 0 atom stereocenters. The van der Waals surface area contributed by atoms with Crippen LogP contribution in [-0.2, 0) is 0 Å². The molecular weight excluding hydrogens is 272 g/mol. The number of rotatable bonds is 2. The highest BCUT2D eigenvalue weighted by Crippen LogP contribution is 2.32. The van der Waals surface area contributed by atoms with Crippen molar-refractivity contribution < 1.29 is 4.79 Å². The number of aryl methyl sites for hydroxylation is 3. The van der Waals surface area contributed by atoms with Gasteiger partial charge in [0.25, 0.3) is 0 Å². The third kappa shape index (κ3) is 2.34. The summed E-state index contributed by atoms with van der Waals surface area (Å²) in [6.45, 7) is 6.27. The average molecular weight is 292 g/mol.